The first kappa shape index (κ1) is 11.3. The Morgan fingerprint density at radius 3 is 2.60 bits per heavy atom. The van der Waals surface area contributed by atoms with E-state index in [1.165, 1.54) is 0 Å². The third-order valence-corrected chi connectivity index (χ3v) is 1.95. The molecule has 0 atom stereocenters. The second kappa shape index (κ2) is 3.79. The van der Waals surface area contributed by atoms with Crippen LogP contribution in [0.4, 0.5) is 0 Å². The maximum atomic E-state index is 11.4. The van der Waals surface area contributed by atoms with E-state index >= 15 is 0 Å². The maximum absolute atomic E-state index is 11.4. The zero-order valence-corrected chi connectivity index (χ0v) is 9.35. The van der Waals surface area contributed by atoms with Gasteiger partial charge >= 0.3 is 6.21 Å². The van der Waals surface area contributed by atoms with Gasteiger partial charge < -0.3 is 5.53 Å². The van der Waals surface area contributed by atoms with Crippen LogP contribution in [0, 0.1) is 6.92 Å². The second-order valence-electron chi connectivity index (χ2n) is 4.36. The first-order valence-electron chi connectivity index (χ1n) is 4.65. The first-order chi connectivity index (χ1) is 6.86. The standard InChI is InChI=1S/C10H14N4O/c1-7-5-8(9(15)6-12-11)13-14(7)10(2,3)4/h5-6H,1-4H3. The van der Waals surface area contributed by atoms with Gasteiger partial charge in [-0.25, -0.2) is 0 Å². The summed E-state index contributed by atoms with van der Waals surface area (Å²) >= 11 is 0. The van der Waals surface area contributed by atoms with Gasteiger partial charge in [-0.3, -0.25) is 9.48 Å². The number of ketones is 1. The molecule has 0 fully saturated rings. The largest absolute Gasteiger partial charge is 0.361 e. The molecule has 0 aliphatic heterocycles. The molecule has 1 aromatic heterocycles. The zero-order valence-electron chi connectivity index (χ0n) is 9.35. The van der Waals surface area contributed by atoms with Crippen molar-refractivity contribution in [1.29, 1.82) is 0 Å². The van der Waals surface area contributed by atoms with Crippen molar-refractivity contribution in [2.75, 3.05) is 0 Å². The first-order valence-corrected chi connectivity index (χ1v) is 4.65. The van der Waals surface area contributed by atoms with Crippen LogP contribution in [0.2, 0.25) is 0 Å². The summed E-state index contributed by atoms with van der Waals surface area (Å²) in [4.78, 5) is 14.0. The van der Waals surface area contributed by atoms with Crippen molar-refractivity contribution in [2.45, 2.75) is 33.2 Å². The van der Waals surface area contributed by atoms with Gasteiger partial charge in [-0.05, 0) is 33.8 Å². The lowest BCUT2D eigenvalue weighted by molar-refractivity contribution is 0.00228. The predicted octanol–water partition coefficient (Wildman–Crippen LogP) is 1.43. The summed E-state index contributed by atoms with van der Waals surface area (Å²) in [5.74, 6) is -0.399. The number of Topliss-reactive ketones (excluding diaryl/α,β-unsaturated/α-hetero) is 1. The molecule has 0 N–H and O–H groups in total. The summed E-state index contributed by atoms with van der Waals surface area (Å²) in [5, 5.41) is 4.16. The molecule has 5 heteroatoms. The minimum Gasteiger partial charge on any atom is -0.361 e. The van der Waals surface area contributed by atoms with Gasteiger partial charge in [0.1, 0.15) is 5.69 Å². The van der Waals surface area contributed by atoms with Crippen LogP contribution in [0.5, 0.6) is 0 Å². The lowest BCUT2D eigenvalue weighted by Crippen LogP contribution is -2.24. The monoisotopic (exact) mass is 206 g/mol. The number of hydrogen-bond donors (Lipinski definition) is 0. The van der Waals surface area contributed by atoms with E-state index in [1.54, 1.807) is 10.7 Å². The Morgan fingerprint density at radius 1 is 1.60 bits per heavy atom. The van der Waals surface area contributed by atoms with Crippen molar-refractivity contribution in [2.24, 2.45) is 0 Å². The summed E-state index contributed by atoms with van der Waals surface area (Å²) in [6.45, 7) is 7.88. The second-order valence-corrected chi connectivity index (χ2v) is 4.36. The van der Waals surface area contributed by atoms with Gasteiger partial charge in [-0.1, -0.05) is 0 Å². The Hall–Kier alpha value is -1.74. The van der Waals surface area contributed by atoms with Crippen LogP contribution >= 0.6 is 0 Å². The van der Waals surface area contributed by atoms with Crippen molar-refractivity contribution < 1.29 is 9.58 Å². The quantitative estimate of drug-likeness (QED) is 0.318. The van der Waals surface area contributed by atoms with Crippen molar-refractivity contribution in [1.82, 2.24) is 9.78 Å². The van der Waals surface area contributed by atoms with E-state index in [-0.39, 0.29) is 5.54 Å². The summed E-state index contributed by atoms with van der Waals surface area (Å²) < 4.78 is 1.77. The van der Waals surface area contributed by atoms with Crippen LogP contribution in [0.3, 0.4) is 0 Å². The molecular formula is C10H14N4O. The Morgan fingerprint density at radius 2 is 2.20 bits per heavy atom. The minimum absolute atomic E-state index is 0.168. The third-order valence-electron chi connectivity index (χ3n) is 1.95. The normalized spacial score (nSPS) is 10.9. The van der Waals surface area contributed by atoms with E-state index in [0.29, 0.717) is 5.69 Å². The summed E-state index contributed by atoms with van der Waals surface area (Å²) in [6, 6.07) is 1.68. The molecule has 0 spiro atoms. The zero-order chi connectivity index (χ0) is 11.6. The van der Waals surface area contributed by atoms with Crippen LogP contribution in [0.25, 0.3) is 5.53 Å². The van der Waals surface area contributed by atoms with E-state index in [2.05, 4.69) is 9.89 Å². The van der Waals surface area contributed by atoms with Crippen molar-refractivity contribution in [3.8, 4) is 0 Å². The van der Waals surface area contributed by atoms with E-state index in [1.807, 2.05) is 27.7 Å². The molecule has 15 heavy (non-hydrogen) atoms. The fourth-order valence-corrected chi connectivity index (χ4v) is 1.39. The SMILES string of the molecule is Cc1cc(C(=O)C=[N+]=[N-])nn1C(C)(C)C. The number of carbonyl (C=O) groups excluding carboxylic acids is 1. The third kappa shape index (κ3) is 2.39. The van der Waals surface area contributed by atoms with Gasteiger partial charge in [0, 0.05) is 5.69 Å². The van der Waals surface area contributed by atoms with Crippen LogP contribution in [-0.2, 0) is 5.54 Å². The summed E-state index contributed by atoms with van der Waals surface area (Å²) in [7, 11) is 0. The molecule has 0 saturated heterocycles. The Balaban J connectivity index is 3.17. The summed E-state index contributed by atoms with van der Waals surface area (Å²) in [5.41, 5.74) is 9.27. The lowest BCUT2D eigenvalue weighted by Gasteiger charge is -2.20. The van der Waals surface area contributed by atoms with Gasteiger partial charge in [0.15, 0.2) is 0 Å². The number of nitrogens with zero attached hydrogens (tertiary/aromatic N) is 4. The van der Waals surface area contributed by atoms with Gasteiger partial charge in [-0.15, -0.1) is 0 Å². The van der Waals surface area contributed by atoms with Gasteiger partial charge in [-0.2, -0.15) is 9.89 Å². The molecule has 0 aliphatic rings. The average Bonchev–Trinajstić information content (AvgIpc) is 2.47. The van der Waals surface area contributed by atoms with Crippen LogP contribution in [0.1, 0.15) is 37.0 Å². The molecule has 1 rings (SSSR count). The van der Waals surface area contributed by atoms with Crippen LogP contribution in [0.15, 0.2) is 6.07 Å². The number of aromatic nitrogens is 2. The molecule has 0 aliphatic carbocycles. The number of carbonyl (C=O) groups is 1. The highest BCUT2D eigenvalue weighted by Gasteiger charge is 2.20. The average molecular weight is 206 g/mol. The maximum Gasteiger partial charge on any atom is 0.329 e. The van der Waals surface area contributed by atoms with Crippen molar-refractivity contribution >= 4 is 12.0 Å². The number of hydrogen-bond acceptors (Lipinski definition) is 2. The van der Waals surface area contributed by atoms with Crippen LogP contribution in [-0.4, -0.2) is 26.6 Å². The van der Waals surface area contributed by atoms with Gasteiger partial charge in [0.05, 0.1) is 5.54 Å². The molecule has 0 radical (unpaired) electrons. The van der Waals surface area contributed by atoms with Crippen LogP contribution < -0.4 is 0 Å². The topological polar surface area (TPSA) is 71.3 Å². The highest BCUT2D eigenvalue weighted by atomic mass is 16.1. The molecule has 1 aromatic rings. The molecule has 0 bridgehead atoms. The molecule has 0 saturated carbocycles. The predicted molar refractivity (Wildman–Crippen MR) is 56.0 cm³/mol. The molecular weight excluding hydrogens is 192 g/mol. The van der Waals surface area contributed by atoms with Gasteiger partial charge in [0.2, 0.25) is 0 Å². The lowest BCUT2D eigenvalue weighted by atomic mass is 10.1. The van der Waals surface area contributed by atoms with Crippen molar-refractivity contribution in [3.63, 3.8) is 0 Å². The Labute approximate surface area is 88.3 Å². The molecule has 0 amide bonds. The highest BCUT2D eigenvalue weighted by molar-refractivity contribution is 6.32. The number of rotatable bonds is 2. The molecule has 0 unspecified atom stereocenters. The van der Waals surface area contributed by atoms with Gasteiger partial charge in [0.25, 0.3) is 5.78 Å². The fourth-order valence-electron chi connectivity index (χ4n) is 1.39. The number of aryl methyl sites for hydroxylation is 1. The molecule has 80 valence electrons. The van der Waals surface area contributed by atoms with E-state index < -0.39 is 5.78 Å². The Bertz CT molecular complexity index is 433. The minimum atomic E-state index is -0.399. The Kier molecular flexibility index (Phi) is 2.86. The highest BCUT2D eigenvalue weighted by Crippen LogP contribution is 2.16. The molecule has 0 aromatic carbocycles. The van der Waals surface area contributed by atoms with E-state index in [0.717, 1.165) is 11.9 Å². The smallest absolute Gasteiger partial charge is 0.329 e. The fraction of sp³-hybridized carbons (Fsp3) is 0.500. The molecule has 5 nitrogen and oxygen atoms in total. The van der Waals surface area contributed by atoms with E-state index in [9.17, 15) is 4.79 Å². The van der Waals surface area contributed by atoms with Crippen molar-refractivity contribution in [3.05, 3.63) is 23.0 Å². The summed E-state index contributed by atoms with van der Waals surface area (Å²) in [6.07, 6.45) is 0.842. The molecule has 1 heterocycles. The van der Waals surface area contributed by atoms with E-state index in [4.69, 9.17) is 5.53 Å².